The second-order valence-electron chi connectivity index (χ2n) is 4.71. The first-order valence-corrected chi connectivity index (χ1v) is 6.76. The third-order valence-electron chi connectivity index (χ3n) is 3.13. The number of hydrogen-bond donors (Lipinski definition) is 1. The number of benzene rings is 1. The summed E-state index contributed by atoms with van der Waals surface area (Å²) in [6.45, 7) is 1.23. The Morgan fingerprint density at radius 3 is 2.76 bits per heavy atom. The molecule has 114 valence electrons. The molecule has 1 aromatic carbocycles. The van der Waals surface area contributed by atoms with Crippen LogP contribution in [0.3, 0.4) is 0 Å². The van der Waals surface area contributed by atoms with Crippen molar-refractivity contribution in [2.45, 2.75) is 19.0 Å². The van der Waals surface area contributed by atoms with Crippen molar-refractivity contribution in [2.75, 3.05) is 20.3 Å². The van der Waals surface area contributed by atoms with E-state index in [1.807, 2.05) is 0 Å². The minimum Gasteiger partial charge on any atom is -0.383 e. The molecule has 0 fully saturated rings. The number of aromatic nitrogens is 2. The Hall–Kier alpha value is -1.79. The maximum Gasteiger partial charge on any atom is 0.290 e. The van der Waals surface area contributed by atoms with Gasteiger partial charge in [0.1, 0.15) is 5.82 Å². The molecule has 0 radical (unpaired) electrons. The van der Waals surface area contributed by atoms with Gasteiger partial charge in [-0.15, -0.1) is 0 Å². The van der Waals surface area contributed by atoms with Crippen LogP contribution in [-0.2, 0) is 23.7 Å². The molecule has 2 rings (SSSR count). The zero-order valence-corrected chi connectivity index (χ0v) is 11.9. The predicted molar refractivity (Wildman–Crippen MR) is 76.1 cm³/mol. The molecule has 0 unspecified atom stereocenters. The molecular weight excluding hydrogens is 276 g/mol. The van der Waals surface area contributed by atoms with E-state index in [0.717, 1.165) is 0 Å². The summed E-state index contributed by atoms with van der Waals surface area (Å²) in [7, 11) is 1.61. The van der Waals surface area contributed by atoms with Gasteiger partial charge < -0.3 is 14.6 Å². The third-order valence-corrected chi connectivity index (χ3v) is 3.13. The molecule has 6 heteroatoms. The summed E-state index contributed by atoms with van der Waals surface area (Å²) in [6, 6.07) is 7.83. The summed E-state index contributed by atoms with van der Waals surface area (Å²) in [5.74, 6) is -2.34. The van der Waals surface area contributed by atoms with Crippen molar-refractivity contribution in [2.24, 2.45) is 0 Å². The van der Waals surface area contributed by atoms with E-state index in [1.54, 1.807) is 31.5 Å². The lowest BCUT2D eigenvalue weighted by molar-refractivity contribution is -0.0230. The molecule has 4 nitrogen and oxygen atoms in total. The fraction of sp³-hybridized carbons (Fsp3) is 0.400. The van der Waals surface area contributed by atoms with E-state index < -0.39 is 12.5 Å². The summed E-state index contributed by atoms with van der Waals surface area (Å²) < 4.78 is 34.9. The highest BCUT2D eigenvalue weighted by molar-refractivity contribution is 5.20. The van der Waals surface area contributed by atoms with Gasteiger partial charge in [0.25, 0.3) is 5.92 Å². The van der Waals surface area contributed by atoms with E-state index in [0.29, 0.717) is 25.5 Å². The van der Waals surface area contributed by atoms with Crippen LogP contribution in [0.5, 0.6) is 0 Å². The van der Waals surface area contributed by atoms with Crippen molar-refractivity contribution in [3.63, 3.8) is 0 Å². The monoisotopic (exact) mass is 295 g/mol. The minimum absolute atomic E-state index is 0.0111. The number of methoxy groups -OCH3 is 1. The number of hydrogen-bond acceptors (Lipinski definition) is 3. The van der Waals surface area contributed by atoms with Crippen LogP contribution in [0.4, 0.5) is 8.78 Å². The first kappa shape index (κ1) is 15.6. The van der Waals surface area contributed by atoms with Crippen molar-refractivity contribution in [3.8, 4) is 0 Å². The molecule has 2 aromatic rings. The van der Waals surface area contributed by atoms with Crippen LogP contribution in [0.25, 0.3) is 0 Å². The number of alkyl halides is 2. The first-order valence-electron chi connectivity index (χ1n) is 6.76. The average Bonchev–Trinajstić information content (AvgIpc) is 2.91. The fourth-order valence-electron chi connectivity index (χ4n) is 2.01. The van der Waals surface area contributed by atoms with Crippen molar-refractivity contribution >= 4 is 0 Å². The highest BCUT2D eigenvalue weighted by atomic mass is 19.3. The first-order chi connectivity index (χ1) is 10.1. The molecule has 21 heavy (non-hydrogen) atoms. The lowest BCUT2D eigenvalue weighted by atomic mass is 10.1. The smallest absolute Gasteiger partial charge is 0.290 e. The fourth-order valence-corrected chi connectivity index (χ4v) is 2.01. The second kappa shape index (κ2) is 7.28. The van der Waals surface area contributed by atoms with E-state index in [2.05, 4.69) is 10.3 Å². The van der Waals surface area contributed by atoms with E-state index in [4.69, 9.17) is 4.74 Å². The van der Waals surface area contributed by atoms with Crippen LogP contribution < -0.4 is 5.32 Å². The van der Waals surface area contributed by atoms with Crippen LogP contribution in [0.15, 0.2) is 42.7 Å². The number of halogens is 2. The zero-order valence-electron chi connectivity index (χ0n) is 11.9. The number of rotatable bonds is 8. The van der Waals surface area contributed by atoms with Gasteiger partial charge in [-0.05, 0) is 0 Å². The minimum atomic E-state index is -2.93. The third kappa shape index (κ3) is 4.34. The van der Waals surface area contributed by atoms with Crippen molar-refractivity contribution in [1.82, 2.24) is 14.9 Å². The van der Waals surface area contributed by atoms with Gasteiger partial charge in [-0.25, -0.2) is 4.98 Å². The van der Waals surface area contributed by atoms with Crippen molar-refractivity contribution in [3.05, 3.63) is 54.1 Å². The van der Waals surface area contributed by atoms with E-state index >= 15 is 0 Å². The Bertz CT molecular complexity index is 543. The maximum absolute atomic E-state index is 14.3. The maximum atomic E-state index is 14.3. The molecule has 1 heterocycles. The predicted octanol–water partition coefficient (Wildman–Crippen LogP) is 2.41. The molecule has 0 atom stereocenters. The largest absolute Gasteiger partial charge is 0.383 e. The van der Waals surface area contributed by atoms with E-state index in [-0.39, 0.29) is 5.56 Å². The van der Waals surface area contributed by atoms with Crippen LogP contribution in [0.1, 0.15) is 11.4 Å². The van der Waals surface area contributed by atoms with Crippen LogP contribution in [-0.4, -0.2) is 29.8 Å². The standard InChI is InChI=1S/C15H19F2N3O/c1-21-10-8-18-11-14-19-7-9-20(14)12-15(16,17)13-5-3-2-4-6-13/h2-7,9,18H,8,10-12H2,1H3. The Balaban J connectivity index is 2.01. The molecule has 0 aliphatic rings. The number of imidazole rings is 1. The van der Waals surface area contributed by atoms with Gasteiger partial charge in [-0.2, -0.15) is 8.78 Å². The normalized spacial score (nSPS) is 11.8. The summed E-state index contributed by atoms with van der Waals surface area (Å²) in [5.41, 5.74) is 0.0111. The zero-order chi connectivity index (χ0) is 15.1. The van der Waals surface area contributed by atoms with Gasteiger partial charge in [0.15, 0.2) is 0 Å². The highest BCUT2D eigenvalue weighted by Gasteiger charge is 2.32. The summed E-state index contributed by atoms with van der Waals surface area (Å²) >= 11 is 0. The Morgan fingerprint density at radius 1 is 1.29 bits per heavy atom. The Kier molecular flexibility index (Phi) is 5.41. The van der Waals surface area contributed by atoms with Crippen molar-refractivity contribution in [1.29, 1.82) is 0 Å². The summed E-state index contributed by atoms with van der Waals surface area (Å²) in [4.78, 5) is 4.12. The Morgan fingerprint density at radius 2 is 2.05 bits per heavy atom. The molecular formula is C15H19F2N3O. The van der Waals surface area contributed by atoms with Crippen LogP contribution in [0, 0.1) is 0 Å². The summed E-state index contributed by atoms with van der Waals surface area (Å²) in [6.07, 6.45) is 3.11. The SMILES string of the molecule is COCCNCc1nccn1CC(F)(F)c1ccccc1. The molecule has 0 spiro atoms. The van der Waals surface area contributed by atoms with Gasteiger partial charge in [0.05, 0.1) is 19.7 Å². The molecule has 1 N–H and O–H groups in total. The molecule has 0 saturated heterocycles. The van der Waals surface area contributed by atoms with Gasteiger partial charge in [-0.1, -0.05) is 30.3 Å². The molecule has 1 aromatic heterocycles. The molecule has 0 aliphatic heterocycles. The van der Waals surface area contributed by atoms with Gasteiger partial charge in [0.2, 0.25) is 0 Å². The molecule has 0 aliphatic carbocycles. The topological polar surface area (TPSA) is 39.1 Å². The van der Waals surface area contributed by atoms with Gasteiger partial charge >= 0.3 is 0 Å². The average molecular weight is 295 g/mol. The van der Waals surface area contributed by atoms with Gasteiger partial charge in [-0.3, -0.25) is 0 Å². The second-order valence-corrected chi connectivity index (χ2v) is 4.71. The van der Waals surface area contributed by atoms with Crippen molar-refractivity contribution < 1.29 is 13.5 Å². The van der Waals surface area contributed by atoms with E-state index in [1.165, 1.54) is 22.9 Å². The quantitative estimate of drug-likeness (QED) is 0.760. The van der Waals surface area contributed by atoms with Gasteiger partial charge in [0, 0.05) is 31.6 Å². The van der Waals surface area contributed by atoms with Crippen LogP contribution >= 0.6 is 0 Å². The summed E-state index contributed by atoms with van der Waals surface area (Å²) in [5, 5.41) is 3.10. The number of nitrogens with zero attached hydrogens (tertiary/aromatic N) is 2. The lowest BCUT2D eigenvalue weighted by Crippen LogP contribution is -2.25. The van der Waals surface area contributed by atoms with E-state index in [9.17, 15) is 8.78 Å². The van der Waals surface area contributed by atoms with Crippen LogP contribution in [0.2, 0.25) is 0 Å². The molecule has 0 bridgehead atoms. The molecule has 0 amide bonds. The number of nitrogens with one attached hydrogen (secondary N) is 1. The lowest BCUT2D eigenvalue weighted by Gasteiger charge is -2.19. The highest BCUT2D eigenvalue weighted by Crippen LogP contribution is 2.29. The number of ether oxygens (including phenoxy) is 1. The molecule has 0 saturated carbocycles. The Labute approximate surface area is 122 Å².